The Morgan fingerprint density at radius 2 is 2.12 bits per heavy atom. The van der Waals surface area contributed by atoms with E-state index in [1.165, 1.54) is 0 Å². The van der Waals surface area contributed by atoms with Crippen LogP contribution in [0.5, 0.6) is 0 Å². The lowest BCUT2D eigenvalue weighted by molar-refractivity contribution is -0.127. The lowest BCUT2D eigenvalue weighted by Gasteiger charge is -2.10. The Balaban J connectivity index is 2.20. The van der Waals surface area contributed by atoms with Gasteiger partial charge < -0.3 is 16.4 Å². The van der Waals surface area contributed by atoms with Gasteiger partial charge in [0.2, 0.25) is 11.8 Å². The summed E-state index contributed by atoms with van der Waals surface area (Å²) in [5, 5.41) is 5.29. The zero-order valence-electron chi connectivity index (χ0n) is 9.53. The molecule has 90 valence electrons. The Morgan fingerprint density at radius 1 is 1.38 bits per heavy atom. The van der Waals surface area contributed by atoms with E-state index in [4.69, 9.17) is 5.73 Å². The van der Waals surface area contributed by atoms with Gasteiger partial charge in [0.25, 0.3) is 0 Å². The van der Waals surface area contributed by atoms with Gasteiger partial charge in [0.15, 0.2) is 0 Å². The van der Waals surface area contributed by atoms with E-state index in [9.17, 15) is 9.59 Å². The van der Waals surface area contributed by atoms with Crippen molar-refractivity contribution in [1.82, 2.24) is 10.6 Å². The molecule has 0 aromatic rings. The van der Waals surface area contributed by atoms with E-state index in [0.717, 1.165) is 6.42 Å². The molecule has 0 aromatic heterocycles. The number of nitrogens with one attached hydrogen (secondary N) is 2. The highest BCUT2D eigenvalue weighted by Gasteiger charge is 2.22. The first-order valence-corrected chi connectivity index (χ1v) is 5.61. The van der Waals surface area contributed by atoms with Crippen LogP contribution in [0.1, 0.15) is 19.8 Å². The molecule has 1 rings (SSSR count). The molecule has 2 amide bonds. The predicted octanol–water partition coefficient (Wildman–Crippen LogP) is -0.468. The zero-order valence-corrected chi connectivity index (χ0v) is 9.53. The Hall–Kier alpha value is -1.36. The Kier molecular flexibility index (Phi) is 4.98. The second-order valence-electron chi connectivity index (χ2n) is 3.96. The van der Waals surface area contributed by atoms with Gasteiger partial charge >= 0.3 is 0 Å². The van der Waals surface area contributed by atoms with Crippen molar-refractivity contribution in [3.05, 3.63) is 12.2 Å². The molecule has 0 saturated heterocycles. The molecule has 0 heterocycles. The van der Waals surface area contributed by atoms with E-state index >= 15 is 0 Å². The van der Waals surface area contributed by atoms with Gasteiger partial charge in [-0.1, -0.05) is 19.1 Å². The highest BCUT2D eigenvalue weighted by Crippen LogP contribution is 2.15. The van der Waals surface area contributed by atoms with Crippen molar-refractivity contribution in [2.75, 3.05) is 13.1 Å². The molecule has 4 N–H and O–H groups in total. The maximum absolute atomic E-state index is 11.6. The average Bonchev–Trinajstić information content (AvgIpc) is 2.69. The molecule has 5 nitrogen and oxygen atoms in total. The van der Waals surface area contributed by atoms with Crippen LogP contribution in [0.3, 0.4) is 0 Å². The smallest absolute Gasteiger partial charge is 0.239 e. The van der Waals surface area contributed by atoms with Gasteiger partial charge in [-0.2, -0.15) is 0 Å². The third-order valence-corrected chi connectivity index (χ3v) is 2.45. The van der Waals surface area contributed by atoms with Crippen molar-refractivity contribution < 1.29 is 9.59 Å². The van der Waals surface area contributed by atoms with E-state index < -0.39 is 0 Å². The molecular formula is C11H19N3O2. The standard InChI is InChI=1S/C11H19N3O2/c1-2-5-13-10(15)7-14-11(16)8-3-4-9(12)6-8/h3-4,8-9H,2,5-7,12H2,1H3,(H,13,15)(H,14,16). The number of amides is 2. The second-order valence-corrected chi connectivity index (χ2v) is 3.96. The molecule has 0 saturated carbocycles. The molecule has 5 heteroatoms. The van der Waals surface area contributed by atoms with Crippen molar-refractivity contribution in [2.45, 2.75) is 25.8 Å². The molecule has 16 heavy (non-hydrogen) atoms. The van der Waals surface area contributed by atoms with Crippen LogP contribution in [0, 0.1) is 5.92 Å². The van der Waals surface area contributed by atoms with Gasteiger partial charge in [-0.05, 0) is 12.8 Å². The summed E-state index contributed by atoms with van der Waals surface area (Å²) >= 11 is 0. The summed E-state index contributed by atoms with van der Waals surface area (Å²) in [6.45, 7) is 2.66. The van der Waals surface area contributed by atoms with Crippen LogP contribution in [0.25, 0.3) is 0 Å². The topological polar surface area (TPSA) is 84.2 Å². The average molecular weight is 225 g/mol. The first kappa shape index (κ1) is 12.7. The predicted molar refractivity (Wildman–Crippen MR) is 61.5 cm³/mol. The fourth-order valence-corrected chi connectivity index (χ4v) is 1.55. The fraction of sp³-hybridized carbons (Fsp3) is 0.636. The Bertz CT molecular complexity index is 289. The van der Waals surface area contributed by atoms with E-state index in [1.807, 2.05) is 13.0 Å². The maximum atomic E-state index is 11.6. The number of carbonyl (C=O) groups is 2. The molecule has 1 aliphatic carbocycles. The Labute approximate surface area is 95.5 Å². The molecule has 0 aromatic carbocycles. The lowest BCUT2D eigenvalue weighted by Crippen LogP contribution is -2.39. The summed E-state index contributed by atoms with van der Waals surface area (Å²) in [5.74, 6) is -0.466. The first-order valence-electron chi connectivity index (χ1n) is 5.61. The highest BCUT2D eigenvalue weighted by molar-refractivity contribution is 5.86. The summed E-state index contributed by atoms with van der Waals surface area (Å²) < 4.78 is 0. The molecule has 1 aliphatic rings. The molecule has 2 unspecified atom stereocenters. The van der Waals surface area contributed by atoms with Crippen LogP contribution < -0.4 is 16.4 Å². The summed E-state index contributed by atoms with van der Waals surface area (Å²) in [4.78, 5) is 22.8. The van der Waals surface area contributed by atoms with Crippen LogP contribution in [0.2, 0.25) is 0 Å². The van der Waals surface area contributed by atoms with Crippen LogP contribution >= 0.6 is 0 Å². The summed E-state index contributed by atoms with van der Waals surface area (Å²) in [5.41, 5.74) is 5.64. The van der Waals surface area contributed by atoms with E-state index in [2.05, 4.69) is 10.6 Å². The third kappa shape index (κ3) is 4.02. The van der Waals surface area contributed by atoms with Crippen molar-refractivity contribution in [3.8, 4) is 0 Å². The van der Waals surface area contributed by atoms with Crippen LogP contribution in [0.15, 0.2) is 12.2 Å². The van der Waals surface area contributed by atoms with Gasteiger partial charge in [-0.25, -0.2) is 0 Å². The minimum absolute atomic E-state index is 0.0373. The van der Waals surface area contributed by atoms with Crippen molar-refractivity contribution in [1.29, 1.82) is 0 Å². The Morgan fingerprint density at radius 3 is 2.69 bits per heavy atom. The van der Waals surface area contributed by atoms with E-state index in [0.29, 0.717) is 13.0 Å². The summed E-state index contributed by atoms with van der Waals surface area (Å²) in [7, 11) is 0. The molecule has 0 spiro atoms. The van der Waals surface area contributed by atoms with E-state index in [1.54, 1.807) is 6.08 Å². The number of rotatable bonds is 5. The molecule has 0 fully saturated rings. The number of carbonyl (C=O) groups excluding carboxylic acids is 2. The highest BCUT2D eigenvalue weighted by atomic mass is 16.2. The largest absolute Gasteiger partial charge is 0.355 e. The fourth-order valence-electron chi connectivity index (χ4n) is 1.55. The van der Waals surface area contributed by atoms with E-state index in [-0.39, 0.29) is 30.3 Å². The molecule has 2 atom stereocenters. The molecular weight excluding hydrogens is 206 g/mol. The van der Waals surface area contributed by atoms with Crippen molar-refractivity contribution in [3.63, 3.8) is 0 Å². The minimum Gasteiger partial charge on any atom is -0.355 e. The number of hydrogen-bond acceptors (Lipinski definition) is 3. The summed E-state index contributed by atoms with van der Waals surface area (Å²) in [6.07, 6.45) is 5.13. The second kappa shape index (κ2) is 6.27. The lowest BCUT2D eigenvalue weighted by atomic mass is 10.1. The maximum Gasteiger partial charge on any atom is 0.239 e. The molecule has 0 aliphatic heterocycles. The van der Waals surface area contributed by atoms with Gasteiger partial charge in [0, 0.05) is 12.6 Å². The zero-order chi connectivity index (χ0) is 12.0. The molecule has 0 bridgehead atoms. The normalized spacial score (nSPS) is 23.1. The monoisotopic (exact) mass is 225 g/mol. The quantitative estimate of drug-likeness (QED) is 0.553. The third-order valence-electron chi connectivity index (χ3n) is 2.45. The van der Waals surface area contributed by atoms with Crippen LogP contribution in [0.4, 0.5) is 0 Å². The van der Waals surface area contributed by atoms with Crippen LogP contribution in [-0.4, -0.2) is 30.9 Å². The summed E-state index contributed by atoms with van der Waals surface area (Å²) in [6, 6.07) is -0.0373. The van der Waals surface area contributed by atoms with Crippen molar-refractivity contribution >= 4 is 11.8 Å². The van der Waals surface area contributed by atoms with Crippen molar-refractivity contribution in [2.24, 2.45) is 11.7 Å². The SMILES string of the molecule is CCCNC(=O)CNC(=O)C1C=CC(N)C1. The van der Waals surface area contributed by atoms with Gasteiger partial charge in [0.1, 0.15) is 0 Å². The molecule has 0 radical (unpaired) electrons. The number of nitrogens with two attached hydrogens (primary N) is 1. The van der Waals surface area contributed by atoms with Gasteiger partial charge in [0.05, 0.1) is 12.5 Å². The number of hydrogen-bond donors (Lipinski definition) is 3. The minimum atomic E-state index is -0.186. The van der Waals surface area contributed by atoms with Crippen LogP contribution in [-0.2, 0) is 9.59 Å². The van der Waals surface area contributed by atoms with Gasteiger partial charge in [-0.3, -0.25) is 9.59 Å². The van der Waals surface area contributed by atoms with Gasteiger partial charge in [-0.15, -0.1) is 0 Å². The first-order chi connectivity index (χ1) is 7.63.